The lowest BCUT2D eigenvalue weighted by molar-refractivity contribution is -0.116. The summed E-state index contributed by atoms with van der Waals surface area (Å²) in [4.78, 5) is 12.5. The lowest BCUT2D eigenvalue weighted by atomic mass is 9.79. The third kappa shape index (κ3) is 2.15. The molecule has 7 heteroatoms. The molecule has 0 radical (unpaired) electrons. The molecule has 0 amide bonds. The largest absolute Gasteiger partial charge is 0.444 e. The first-order valence-electron chi connectivity index (χ1n) is 7.13. The van der Waals surface area contributed by atoms with E-state index in [9.17, 15) is 10.1 Å². The Bertz CT molecular complexity index is 754. The molecule has 0 unspecified atom stereocenters. The quantitative estimate of drug-likeness (QED) is 0.871. The fraction of sp³-hybridized carbons (Fsp3) is 0.400. The summed E-state index contributed by atoms with van der Waals surface area (Å²) in [6.07, 6.45) is 3.55. The van der Waals surface area contributed by atoms with Crippen LogP contribution >= 0.6 is 15.9 Å². The summed E-state index contributed by atoms with van der Waals surface area (Å²) >= 11 is 3.48. The van der Waals surface area contributed by atoms with E-state index in [2.05, 4.69) is 27.1 Å². The predicted octanol–water partition coefficient (Wildman–Crippen LogP) is 2.48. The van der Waals surface area contributed by atoms with Gasteiger partial charge in [-0.15, -0.1) is 0 Å². The Labute approximate surface area is 136 Å². The van der Waals surface area contributed by atoms with Gasteiger partial charge in [0.1, 0.15) is 17.4 Å². The number of carbonyl (C=O) groups excluding carboxylic acids is 1. The first kappa shape index (κ1) is 14.9. The van der Waals surface area contributed by atoms with Crippen LogP contribution in [0.15, 0.2) is 33.5 Å². The average molecular weight is 363 g/mol. The van der Waals surface area contributed by atoms with Crippen molar-refractivity contribution in [1.29, 1.82) is 5.26 Å². The highest BCUT2D eigenvalue weighted by atomic mass is 79.9. The number of hydrogen-bond acceptors (Lipinski definition) is 5. The number of hydrogen-bond donors (Lipinski definition) is 1. The highest BCUT2D eigenvalue weighted by Crippen LogP contribution is 2.45. The number of aromatic nitrogens is 2. The first-order valence-corrected chi connectivity index (χ1v) is 7.92. The minimum atomic E-state index is -0.515. The molecule has 0 saturated carbocycles. The van der Waals surface area contributed by atoms with Crippen molar-refractivity contribution < 1.29 is 9.53 Å². The second-order valence-corrected chi connectivity index (χ2v) is 6.09. The van der Waals surface area contributed by atoms with E-state index >= 15 is 0 Å². The van der Waals surface area contributed by atoms with Crippen molar-refractivity contribution in [2.45, 2.75) is 38.6 Å². The Morgan fingerprint density at radius 3 is 3.05 bits per heavy atom. The summed E-state index contributed by atoms with van der Waals surface area (Å²) in [5.41, 5.74) is 7.51. The molecule has 1 aromatic heterocycles. The van der Waals surface area contributed by atoms with Gasteiger partial charge in [-0.2, -0.15) is 10.4 Å². The monoisotopic (exact) mass is 362 g/mol. The minimum Gasteiger partial charge on any atom is -0.444 e. The van der Waals surface area contributed by atoms with Crippen LogP contribution in [0.2, 0.25) is 0 Å². The van der Waals surface area contributed by atoms with Crippen LogP contribution in [0, 0.1) is 11.3 Å². The molecular formula is C15H15BrN4O2. The Balaban J connectivity index is 2.25. The molecule has 1 aliphatic carbocycles. The molecule has 3 rings (SSSR count). The van der Waals surface area contributed by atoms with Crippen molar-refractivity contribution in [3.63, 3.8) is 0 Å². The number of carbonyl (C=O) groups is 1. The van der Waals surface area contributed by atoms with Crippen LogP contribution in [-0.4, -0.2) is 15.6 Å². The molecule has 2 aliphatic rings. The molecule has 1 aliphatic heterocycles. The smallest absolute Gasteiger partial charge is 0.205 e. The molecule has 0 aromatic carbocycles. The number of nitriles is 1. The minimum absolute atomic E-state index is 0.0160. The fourth-order valence-corrected chi connectivity index (χ4v) is 3.57. The van der Waals surface area contributed by atoms with Crippen molar-refractivity contribution in [1.82, 2.24) is 9.78 Å². The van der Waals surface area contributed by atoms with Gasteiger partial charge >= 0.3 is 0 Å². The Kier molecular flexibility index (Phi) is 3.79. The standard InChI is InChI=1S/C15H15BrN4O2/c1-2-20-14(9(16)7-19-20)12-8(6-17)15(18)22-11-5-3-4-10(21)13(11)12/h7,12H,2-5,18H2,1H3/t12-/m1/s1. The van der Waals surface area contributed by atoms with Gasteiger partial charge < -0.3 is 10.5 Å². The molecule has 0 saturated heterocycles. The summed E-state index contributed by atoms with van der Waals surface area (Å²) in [7, 11) is 0. The number of rotatable bonds is 2. The third-order valence-corrected chi connectivity index (χ3v) is 4.62. The zero-order chi connectivity index (χ0) is 15.9. The van der Waals surface area contributed by atoms with E-state index in [-0.39, 0.29) is 17.2 Å². The van der Waals surface area contributed by atoms with Crippen molar-refractivity contribution in [2.24, 2.45) is 5.73 Å². The number of Topliss-reactive ketones (excluding diaryl/α,β-unsaturated/α-hetero) is 1. The molecule has 1 atom stereocenters. The number of nitrogens with two attached hydrogens (primary N) is 1. The number of halogens is 1. The van der Waals surface area contributed by atoms with Gasteiger partial charge in [-0.05, 0) is 29.3 Å². The van der Waals surface area contributed by atoms with Gasteiger partial charge in [0.25, 0.3) is 0 Å². The van der Waals surface area contributed by atoms with Gasteiger partial charge in [0.2, 0.25) is 5.88 Å². The highest BCUT2D eigenvalue weighted by molar-refractivity contribution is 9.10. The molecule has 2 N–H and O–H groups in total. The number of ether oxygens (including phenoxy) is 1. The third-order valence-electron chi connectivity index (χ3n) is 4.01. The van der Waals surface area contributed by atoms with Crippen LogP contribution < -0.4 is 5.73 Å². The molecule has 1 aromatic rings. The zero-order valence-electron chi connectivity index (χ0n) is 12.1. The van der Waals surface area contributed by atoms with E-state index in [4.69, 9.17) is 10.5 Å². The fourth-order valence-electron chi connectivity index (χ4n) is 3.04. The zero-order valence-corrected chi connectivity index (χ0v) is 13.7. The summed E-state index contributed by atoms with van der Waals surface area (Å²) in [6.45, 7) is 2.59. The van der Waals surface area contributed by atoms with Crippen molar-refractivity contribution in [3.8, 4) is 6.07 Å². The van der Waals surface area contributed by atoms with Crippen LogP contribution in [-0.2, 0) is 16.1 Å². The van der Waals surface area contributed by atoms with Gasteiger partial charge in [0.15, 0.2) is 5.78 Å². The van der Waals surface area contributed by atoms with Gasteiger partial charge in [0, 0.05) is 25.0 Å². The second kappa shape index (κ2) is 5.61. The Morgan fingerprint density at radius 2 is 2.36 bits per heavy atom. The summed E-state index contributed by atoms with van der Waals surface area (Å²) in [5.74, 6) is 0.172. The van der Waals surface area contributed by atoms with Crippen LogP contribution in [0.3, 0.4) is 0 Å². The molecule has 0 fully saturated rings. The number of ketones is 1. The number of nitrogens with zero attached hydrogens (tertiary/aromatic N) is 3. The summed E-state index contributed by atoms with van der Waals surface area (Å²) < 4.78 is 8.09. The molecule has 22 heavy (non-hydrogen) atoms. The van der Waals surface area contributed by atoms with E-state index in [1.54, 1.807) is 10.9 Å². The predicted molar refractivity (Wildman–Crippen MR) is 82.1 cm³/mol. The highest BCUT2D eigenvalue weighted by Gasteiger charge is 2.40. The molecule has 6 nitrogen and oxygen atoms in total. The lowest BCUT2D eigenvalue weighted by Gasteiger charge is -2.31. The van der Waals surface area contributed by atoms with Crippen molar-refractivity contribution >= 4 is 21.7 Å². The van der Waals surface area contributed by atoms with Gasteiger partial charge in [-0.25, -0.2) is 0 Å². The molecule has 0 spiro atoms. The van der Waals surface area contributed by atoms with Crippen molar-refractivity contribution in [2.75, 3.05) is 0 Å². The van der Waals surface area contributed by atoms with E-state index in [1.807, 2.05) is 6.92 Å². The van der Waals surface area contributed by atoms with Crippen LogP contribution in [0.25, 0.3) is 0 Å². The van der Waals surface area contributed by atoms with Crippen LogP contribution in [0.5, 0.6) is 0 Å². The van der Waals surface area contributed by atoms with Gasteiger partial charge in [-0.1, -0.05) is 0 Å². The van der Waals surface area contributed by atoms with Crippen LogP contribution in [0.1, 0.15) is 37.8 Å². The first-order chi connectivity index (χ1) is 10.6. The van der Waals surface area contributed by atoms with E-state index in [0.717, 1.165) is 16.6 Å². The second-order valence-electron chi connectivity index (χ2n) is 5.23. The maximum Gasteiger partial charge on any atom is 0.205 e. The number of allylic oxidation sites excluding steroid dienone is 3. The molecule has 2 heterocycles. The van der Waals surface area contributed by atoms with E-state index in [0.29, 0.717) is 30.7 Å². The topological polar surface area (TPSA) is 93.9 Å². The van der Waals surface area contributed by atoms with Crippen molar-refractivity contribution in [3.05, 3.63) is 39.2 Å². The Hall–Kier alpha value is -2.07. The Morgan fingerprint density at radius 1 is 1.59 bits per heavy atom. The number of aryl methyl sites for hydroxylation is 1. The maximum atomic E-state index is 12.5. The summed E-state index contributed by atoms with van der Waals surface area (Å²) in [6, 6.07) is 2.11. The van der Waals surface area contributed by atoms with E-state index in [1.165, 1.54) is 0 Å². The normalized spacial score (nSPS) is 21.5. The molecule has 0 bridgehead atoms. The molecule has 114 valence electrons. The van der Waals surface area contributed by atoms with Gasteiger partial charge in [0.05, 0.1) is 22.3 Å². The van der Waals surface area contributed by atoms with Crippen LogP contribution in [0.4, 0.5) is 0 Å². The average Bonchev–Trinajstić information content (AvgIpc) is 2.86. The lowest BCUT2D eigenvalue weighted by Crippen LogP contribution is -2.28. The molecular weight excluding hydrogens is 348 g/mol. The summed E-state index contributed by atoms with van der Waals surface area (Å²) in [5, 5.41) is 13.8. The van der Waals surface area contributed by atoms with E-state index < -0.39 is 5.92 Å². The maximum absolute atomic E-state index is 12.5. The SMILES string of the molecule is CCn1ncc(Br)c1[C@@H]1C(C#N)=C(N)OC2=C1C(=O)CCC2. The van der Waals surface area contributed by atoms with Gasteiger partial charge in [-0.3, -0.25) is 9.48 Å².